The van der Waals surface area contributed by atoms with Crippen LogP contribution >= 0.6 is 0 Å². The third kappa shape index (κ3) is 4.56. The average Bonchev–Trinajstić information content (AvgIpc) is 3.84. The predicted octanol–water partition coefficient (Wildman–Crippen LogP) is 13.2. The van der Waals surface area contributed by atoms with Crippen LogP contribution in [0.4, 0.5) is 0 Å². The Morgan fingerprint density at radius 3 is 1.41 bits per heavy atom. The van der Waals surface area contributed by atoms with Crippen LogP contribution in [0.3, 0.4) is 0 Å². The second-order valence-electron chi connectivity index (χ2n) is 14.1. The van der Waals surface area contributed by atoms with E-state index in [0.29, 0.717) is 17.5 Å². The van der Waals surface area contributed by atoms with Gasteiger partial charge >= 0.3 is 0 Å². The van der Waals surface area contributed by atoms with Crippen molar-refractivity contribution < 1.29 is 8.83 Å². The zero-order chi connectivity index (χ0) is 36.7. The fourth-order valence-electron chi connectivity index (χ4n) is 8.41. The Hall–Kier alpha value is -7.70. The number of aromatic nitrogens is 4. The molecule has 12 aromatic rings. The van der Waals surface area contributed by atoms with Crippen LogP contribution in [-0.2, 0) is 0 Å². The summed E-state index contributed by atoms with van der Waals surface area (Å²) in [5.74, 6) is 1.84. The molecule has 0 aliphatic heterocycles. The van der Waals surface area contributed by atoms with Crippen LogP contribution in [0.25, 0.3) is 122 Å². The normalized spacial score (nSPS) is 11.9. The van der Waals surface area contributed by atoms with Crippen LogP contribution in [0, 0.1) is 0 Å². The molecule has 6 heteroatoms. The van der Waals surface area contributed by atoms with Gasteiger partial charge in [-0.2, -0.15) is 0 Å². The molecule has 8 aromatic carbocycles. The maximum atomic E-state index is 6.77. The highest BCUT2D eigenvalue weighted by Gasteiger charge is 2.25. The molecule has 0 unspecified atom stereocenters. The summed E-state index contributed by atoms with van der Waals surface area (Å²) in [4.78, 5) is 21.0. The van der Waals surface area contributed by atoms with Crippen molar-refractivity contribution in [3.8, 4) is 45.4 Å². The molecule has 12 rings (SSSR count). The summed E-state index contributed by atoms with van der Waals surface area (Å²) in [7, 11) is 0. The highest BCUT2D eigenvalue weighted by atomic mass is 16.3. The SMILES string of the molecule is c1ccc(-c2nc(-c3ccccc3)nc(-c3c4ccccc4c(-c4nc5cc6c(cc5c5oc7ccccc7c45)oc4ccccc46)c4ccccc34)n2)cc1. The van der Waals surface area contributed by atoms with E-state index in [1.165, 1.54) is 0 Å². The minimum atomic E-state index is 0.608. The predicted molar refractivity (Wildman–Crippen MR) is 226 cm³/mol. The van der Waals surface area contributed by atoms with Gasteiger partial charge in [-0.3, -0.25) is 0 Å². The molecule has 0 amide bonds. The molecule has 0 bridgehead atoms. The molecule has 56 heavy (non-hydrogen) atoms. The number of hydrogen-bond donors (Lipinski definition) is 0. The van der Waals surface area contributed by atoms with E-state index in [-0.39, 0.29) is 0 Å². The van der Waals surface area contributed by atoms with E-state index in [1.54, 1.807) is 0 Å². The van der Waals surface area contributed by atoms with Crippen LogP contribution in [0.15, 0.2) is 179 Å². The largest absolute Gasteiger partial charge is 0.456 e. The Morgan fingerprint density at radius 1 is 0.321 bits per heavy atom. The van der Waals surface area contributed by atoms with Crippen molar-refractivity contribution in [1.82, 2.24) is 19.9 Å². The number of hydrogen-bond acceptors (Lipinski definition) is 6. The molecule has 4 heterocycles. The number of pyridine rings is 1. The molecule has 0 spiro atoms. The summed E-state index contributed by atoms with van der Waals surface area (Å²) in [5.41, 5.74) is 8.74. The van der Waals surface area contributed by atoms with E-state index in [9.17, 15) is 0 Å². The first-order valence-corrected chi connectivity index (χ1v) is 18.6. The molecule has 0 N–H and O–H groups in total. The van der Waals surface area contributed by atoms with Gasteiger partial charge in [0, 0.05) is 43.8 Å². The molecule has 0 aliphatic carbocycles. The highest BCUT2D eigenvalue weighted by molar-refractivity contribution is 6.28. The maximum Gasteiger partial charge on any atom is 0.165 e. The zero-order valence-electron chi connectivity index (χ0n) is 29.8. The van der Waals surface area contributed by atoms with Gasteiger partial charge < -0.3 is 8.83 Å². The smallest absolute Gasteiger partial charge is 0.165 e. The van der Waals surface area contributed by atoms with E-state index in [4.69, 9.17) is 28.8 Å². The average molecular weight is 717 g/mol. The minimum Gasteiger partial charge on any atom is -0.456 e. The fourth-order valence-corrected chi connectivity index (χ4v) is 8.41. The number of para-hydroxylation sites is 2. The van der Waals surface area contributed by atoms with E-state index >= 15 is 0 Å². The van der Waals surface area contributed by atoms with E-state index in [2.05, 4.69) is 78.9 Å². The van der Waals surface area contributed by atoms with Gasteiger partial charge in [0.15, 0.2) is 17.5 Å². The number of nitrogens with zero attached hydrogens (tertiary/aromatic N) is 4. The summed E-state index contributed by atoms with van der Waals surface area (Å²) >= 11 is 0. The molecule has 6 nitrogen and oxygen atoms in total. The Morgan fingerprint density at radius 2 is 0.804 bits per heavy atom. The van der Waals surface area contributed by atoms with E-state index < -0.39 is 0 Å². The summed E-state index contributed by atoms with van der Waals surface area (Å²) < 4.78 is 13.1. The van der Waals surface area contributed by atoms with Crippen LogP contribution in [0.1, 0.15) is 0 Å². The van der Waals surface area contributed by atoms with Gasteiger partial charge in [-0.05, 0) is 45.8 Å². The lowest BCUT2D eigenvalue weighted by molar-refractivity contribution is 0.666. The standard InChI is InChI=1S/C50H28N4O2/c1-3-15-29(16-4-1)48-52-49(30-17-5-2-6-18-30)54-50(53-48)44-34-22-9-7-20-32(34)43(33-21-8-10-23-35(33)44)46-45-36-24-12-14-26-41(36)56-47(45)38-28-42-37(27-39(38)51-46)31-19-11-13-25-40(31)55-42/h1-28H. The second-order valence-corrected chi connectivity index (χ2v) is 14.1. The van der Waals surface area contributed by atoms with Crippen molar-refractivity contribution in [2.45, 2.75) is 0 Å². The van der Waals surface area contributed by atoms with Crippen molar-refractivity contribution in [1.29, 1.82) is 0 Å². The first-order valence-electron chi connectivity index (χ1n) is 18.6. The molecule has 260 valence electrons. The van der Waals surface area contributed by atoms with Gasteiger partial charge in [0.25, 0.3) is 0 Å². The molecule has 0 aliphatic rings. The van der Waals surface area contributed by atoms with Crippen LogP contribution in [0.2, 0.25) is 0 Å². The van der Waals surface area contributed by atoms with Crippen molar-refractivity contribution >= 4 is 76.3 Å². The van der Waals surface area contributed by atoms with Crippen molar-refractivity contribution in [3.63, 3.8) is 0 Å². The molecule has 0 saturated carbocycles. The van der Waals surface area contributed by atoms with Gasteiger partial charge in [-0.15, -0.1) is 0 Å². The van der Waals surface area contributed by atoms with Crippen molar-refractivity contribution in [2.75, 3.05) is 0 Å². The Balaban J connectivity index is 1.21. The Kier molecular flexibility index (Phi) is 6.53. The lowest BCUT2D eigenvalue weighted by atomic mass is 9.88. The third-order valence-corrected chi connectivity index (χ3v) is 10.9. The summed E-state index contributed by atoms with van der Waals surface area (Å²) in [6.45, 7) is 0. The Bertz CT molecular complexity index is 3420. The van der Waals surface area contributed by atoms with E-state index in [1.807, 2.05) is 91.0 Å². The molecular formula is C50H28N4O2. The fraction of sp³-hybridized carbons (Fsp3) is 0. The lowest BCUT2D eigenvalue weighted by Crippen LogP contribution is -2.02. The maximum absolute atomic E-state index is 6.77. The third-order valence-electron chi connectivity index (χ3n) is 10.9. The van der Waals surface area contributed by atoms with Gasteiger partial charge in [-0.25, -0.2) is 19.9 Å². The van der Waals surface area contributed by atoms with Gasteiger partial charge in [0.2, 0.25) is 0 Å². The minimum absolute atomic E-state index is 0.608. The molecule has 0 fully saturated rings. The number of fused-ring (bicyclic) bond motifs is 10. The monoisotopic (exact) mass is 716 g/mol. The first kappa shape index (κ1) is 30.7. The highest BCUT2D eigenvalue weighted by Crippen LogP contribution is 2.48. The number of furan rings is 2. The number of benzene rings is 8. The second kappa shape index (κ2) is 11.9. The van der Waals surface area contributed by atoms with Gasteiger partial charge in [0.05, 0.1) is 16.6 Å². The van der Waals surface area contributed by atoms with Crippen molar-refractivity contribution in [2.24, 2.45) is 0 Å². The molecular weight excluding hydrogens is 689 g/mol. The summed E-state index contributed by atoms with van der Waals surface area (Å²) in [6, 6.07) is 57.9. The molecule has 4 aromatic heterocycles. The quantitative estimate of drug-likeness (QED) is 0.169. The van der Waals surface area contributed by atoms with Gasteiger partial charge in [-0.1, -0.05) is 146 Å². The summed E-state index contributed by atoms with van der Waals surface area (Å²) in [6.07, 6.45) is 0. The number of rotatable bonds is 4. The lowest BCUT2D eigenvalue weighted by Gasteiger charge is -2.18. The zero-order valence-corrected chi connectivity index (χ0v) is 29.8. The van der Waals surface area contributed by atoms with Crippen molar-refractivity contribution in [3.05, 3.63) is 170 Å². The topological polar surface area (TPSA) is 77.8 Å². The Labute approximate surface area is 319 Å². The summed E-state index contributed by atoms with van der Waals surface area (Å²) in [5, 5.41) is 9.06. The molecule has 0 radical (unpaired) electrons. The van der Waals surface area contributed by atoms with Gasteiger partial charge in [0.1, 0.15) is 22.3 Å². The molecule has 0 saturated heterocycles. The van der Waals surface area contributed by atoms with Crippen LogP contribution in [-0.4, -0.2) is 19.9 Å². The van der Waals surface area contributed by atoms with Crippen LogP contribution < -0.4 is 0 Å². The first-order chi connectivity index (χ1) is 27.8. The molecule has 0 atom stereocenters. The van der Waals surface area contributed by atoms with Crippen LogP contribution in [0.5, 0.6) is 0 Å². The van der Waals surface area contributed by atoms with E-state index in [0.717, 1.165) is 104 Å².